The molecule has 2 N–H and O–H groups in total. The van der Waals surface area contributed by atoms with Crippen LogP contribution in [0.15, 0.2) is 12.1 Å². The minimum absolute atomic E-state index is 0.723. The van der Waals surface area contributed by atoms with Crippen LogP contribution in [0.1, 0.15) is 13.8 Å². The molecule has 1 aromatic rings. The Morgan fingerprint density at radius 2 is 1.86 bits per heavy atom. The van der Waals surface area contributed by atoms with Crippen LogP contribution in [0.25, 0.3) is 0 Å². The standard InChI is InChI=1S/C6H4F2N2O2.C2H6/c7-3-1-2-4(10(11)12)5(8)6(3)9;1-2/h1-2H,9H2;1-2H3. The number of nitro groups is 1. The number of nitrogens with two attached hydrogens (primary N) is 1. The van der Waals surface area contributed by atoms with Crippen molar-refractivity contribution in [3.05, 3.63) is 33.9 Å². The van der Waals surface area contributed by atoms with Gasteiger partial charge in [0.2, 0.25) is 5.82 Å². The van der Waals surface area contributed by atoms with Gasteiger partial charge in [0, 0.05) is 6.07 Å². The van der Waals surface area contributed by atoms with E-state index >= 15 is 0 Å². The first-order valence-corrected chi connectivity index (χ1v) is 3.92. The molecule has 0 atom stereocenters. The van der Waals surface area contributed by atoms with Gasteiger partial charge in [-0.05, 0) is 6.07 Å². The van der Waals surface area contributed by atoms with Crippen LogP contribution in [0, 0.1) is 21.7 Å². The van der Waals surface area contributed by atoms with E-state index in [4.69, 9.17) is 5.73 Å². The molecule has 0 aliphatic rings. The minimum Gasteiger partial charge on any atom is -0.394 e. The van der Waals surface area contributed by atoms with Gasteiger partial charge < -0.3 is 5.73 Å². The molecule has 4 nitrogen and oxygen atoms in total. The van der Waals surface area contributed by atoms with E-state index in [1.807, 2.05) is 13.8 Å². The Labute approximate surface area is 79.5 Å². The smallest absolute Gasteiger partial charge is 0.307 e. The second kappa shape index (κ2) is 5.11. The molecular formula is C8H10F2N2O2. The molecule has 14 heavy (non-hydrogen) atoms. The van der Waals surface area contributed by atoms with Gasteiger partial charge in [-0.3, -0.25) is 10.1 Å². The highest BCUT2D eigenvalue weighted by molar-refractivity contribution is 5.50. The summed E-state index contributed by atoms with van der Waals surface area (Å²) in [6.45, 7) is 4.00. The molecule has 0 heterocycles. The van der Waals surface area contributed by atoms with Crippen molar-refractivity contribution in [2.75, 3.05) is 5.73 Å². The summed E-state index contributed by atoms with van der Waals surface area (Å²) in [5.41, 5.74) is 3.21. The number of halogens is 2. The molecule has 0 aromatic heterocycles. The van der Waals surface area contributed by atoms with E-state index in [2.05, 4.69) is 0 Å². The van der Waals surface area contributed by atoms with Gasteiger partial charge in [0.25, 0.3) is 0 Å². The molecule has 0 saturated carbocycles. The molecule has 0 saturated heterocycles. The zero-order chi connectivity index (χ0) is 11.3. The fourth-order valence-electron chi connectivity index (χ4n) is 0.699. The van der Waals surface area contributed by atoms with Crippen molar-refractivity contribution in [3.8, 4) is 0 Å². The fraction of sp³-hybridized carbons (Fsp3) is 0.250. The monoisotopic (exact) mass is 204 g/mol. The average molecular weight is 204 g/mol. The van der Waals surface area contributed by atoms with Crippen LogP contribution in [0.4, 0.5) is 20.2 Å². The maximum absolute atomic E-state index is 12.7. The van der Waals surface area contributed by atoms with Gasteiger partial charge in [-0.25, -0.2) is 4.39 Å². The van der Waals surface area contributed by atoms with Gasteiger partial charge >= 0.3 is 5.69 Å². The lowest BCUT2D eigenvalue weighted by molar-refractivity contribution is -0.387. The number of hydrogen-bond acceptors (Lipinski definition) is 3. The number of benzene rings is 1. The number of hydrogen-bond donors (Lipinski definition) is 1. The molecule has 0 amide bonds. The lowest BCUT2D eigenvalue weighted by Gasteiger charge is -1.97. The first-order valence-electron chi connectivity index (χ1n) is 3.92. The molecule has 0 radical (unpaired) electrons. The van der Waals surface area contributed by atoms with Gasteiger partial charge in [0.15, 0.2) is 0 Å². The van der Waals surface area contributed by atoms with Crippen molar-refractivity contribution in [1.82, 2.24) is 0 Å². The van der Waals surface area contributed by atoms with Crippen molar-refractivity contribution < 1.29 is 13.7 Å². The zero-order valence-corrected chi connectivity index (χ0v) is 7.75. The van der Waals surface area contributed by atoms with E-state index in [1.54, 1.807) is 0 Å². The lowest BCUT2D eigenvalue weighted by atomic mass is 10.2. The zero-order valence-electron chi connectivity index (χ0n) is 7.75. The average Bonchev–Trinajstić information content (AvgIpc) is 2.17. The number of anilines is 1. The molecule has 0 aliphatic carbocycles. The second-order valence-electron chi connectivity index (χ2n) is 2.05. The van der Waals surface area contributed by atoms with E-state index in [9.17, 15) is 18.9 Å². The van der Waals surface area contributed by atoms with Crippen molar-refractivity contribution in [2.24, 2.45) is 0 Å². The summed E-state index contributed by atoms with van der Waals surface area (Å²) >= 11 is 0. The Morgan fingerprint density at radius 3 is 2.29 bits per heavy atom. The topological polar surface area (TPSA) is 69.2 Å². The quantitative estimate of drug-likeness (QED) is 0.434. The molecule has 1 aromatic carbocycles. The Kier molecular flexibility index (Phi) is 4.48. The van der Waals surface area contributed by atoms with E-state index in [0.717, 1.165) is 12.1 Å². The van der Waals surface area contributed by atoms with Crippen molar-refractivity contribution in [3.63, 3.8) is 0 Å². The number of nitro benzene ring substituents is 1. The van der Waals surface area contributed by atoms with Crippen LogP contribution in [0.3, 0.4) is 0 Å². The van der Waals surface area contributed by atoms with Crippen LogP contribution < -0.4 is 5.73 Å². The van der Waals surface area contributed by atoms with Gasteiger partial charge in [-0.1, -0.05) is 13.8 Å². The van der Waals surface area contributed by atoms with Gasteiger partial charge in [0.1, 0.15) is 11.5 Å². The lowest BCUT2D eigenvalue weighted by Crippen LogP contribution is -2.00. The predicted octanol–water partition coefficient (Wildman–Crippen LogP) is 2.48. The maximum Gasteiger partial charge on any atom is 0.307 e. The number of nitrogens with zero attached hydrogens (tertiary/aromatic N) is 1. The third kappa shape index (κ3) is 2.38. The second-order valence-corrected chi connectivity index (χ2v) is 2.05. The van der Waals surface area contributed by atoms with Crippen molar-refractivity contribution >= 4 is 11.4 Å². The highest BCUT2D eigenvalue weighted by atomic mass is 19.1. The number of nitrogen functional groups attached to an aromatic ring is 1. The first kappa shape index (κ1) is 12.3. The van der Waals surface area contributed by atoms with Crippen LogP contribution in [-0.4, -0.2) is 4.92 Å². The van der Waals surface area contributed by atoms with Crippen LogP contribution in [-0.2, 0) is 0 Å². The summed E-state index contributed by atoms with van der Waals surface area (Å²) < 4.78 is 25.1. The SMILES string of the molecule is CC.Nc1c(F)ccc([N+](=O)[O-])c1F. The van der Waals surface area contributed by atoms with E-state index in [0.29, 0.717) is 0 Å². The Morgan fingerprint density at radius 1 is 1.36 bits per heavy atom. The maximum atomic E-state index is 12.7. The highest BCUT2D eigenvalue weighted by Crippen LogP contribution is 2.24. The van der Waals surface area contributed by atoms with E-state index in [1.165, 1.54) is 0 Å². The summed E-state index contributed by atoms with van der Waals surface area (Å²) in [5.74, 6) is -2.34. The summed E-state index contributed by atoms with van der Waals surface area (Å²) in [5, 5.41) is 10.1. The van der Waals surface area contributed by atoms with Gasteiger partial charge in [-0.2, -0.15) is 4.39 Å². The third-order valence-electron chi connectivity index (χ3n) is 1.30. The minimum atomic E-state index is -1.33. The summed E-state index contributed by atoms with van der Waals surface area (Å²) in [6, 6.07) is 1.47. The van der Waals surface area contributed by atoms with E-state index < -0.39 is 27.9 Å². The number of rotatable bonds is 1. The largest absolute Gasteiger partial charge is 0.394 e. The van der Waals surface area contributed by atoms with Crippen LogP contribution >= 0.6 is 0 Å². The molecule has 0 spiro atoms. The molecule has 6 heteroatoms. The van der Waals surface area contributed by atoms with Gasteiger partial charge in [0.05, 0.1) is 4.92 Å². The Balaban J connectivity index is 0.000000791. The van der Waals surface area contributed by atoms with Crippen LogP contribution in [0.5, 0.6) is 0 Å². The van der Waals surface area contributed by atoms with Crippen LogP contribution in [0.2, 0.25) is 0 Å². The van der Waals surface area contributed by atoms with Crippen molar-refractivity contribution in [1.29, 1.82) is 0 Å². The molecule has 78 valence electrons. The molecule has 0 bridgehead atoms. The predicted molar refractivity (Wildman–Crippen MR) is 48.8 cm³/mol. The van der Waals surface area contributed by atoms with Gasteiger partial charge in [-0.15, -0.1) is 0 Å². The van der Waals surface area contributed by atoms with E-state index in [-0.39, 0.29) is 0 Å². The molecule has 0 fully saturated rings. The fourth-order valence-corrected chi connectivity index (χ4v) is 0.699. The summed E-state index contributed by atoms with van der Waals surface area (Å²) in [6.07, 6.45) is 0. The third-order valence-corrected chi connectivity index (χ3v) is 1.30. The molecular weight excluding hydrogens is 194 g/mol. The summed E-state index contributed by atoms with van der Waals surface area (Å²) in [4.78, 5) is 9.11. The van der Waals surface area contributed by atoms with Crippen molar-refractivity contribution in [2.45, 2.75) is 13.8 Å². The molecule has 0 aliphatic heterocycles. The molecule has 1 rings (SSSR count). The molecule has 0 unspecified atom stereocenters. The highest BCUT2D eigenvalue weighted by Gasteiger charge is 2.18. The Bertz CT molecular complexity index is 342. The Hall–Kier alpha value is -1.72. The normalized spacial score (nSPS) is 8.86. The first-order chi connectivity index (χ1) is 6.54. The summed E-state index contributed by atoms with van der Waals surface area (Å²) in [7, 11) is 0.